The summed E-state index contributed by atoms with van der Waals surface area (Å²) >= 11 is 0. The third-order valence-corrected chi connectivity index (χ3v) is 2.21. The molecular formula is C13H18F2N2O. The van der Waals surface area contributed by atoms with Crippen LogP contribution in [0.1, 0.15) is 27.2 Å². The largest absolute Gasteiger partial charge is 0.326 e. The predicted octanol–water partition coefficient (Wildman–Crippen LogP) is 2.68. The molecule has 0 fully saturated rings. The van der Waals surface area contributed by atoms with E-state index in [1.165, 1.54) is 6.07 Å². The van der Waals surface area contributed by atoms with Crippen LogP contribution >= 0.6 is 0 Å². The summed E-state index contributed by atoms with van der Waals surface area (Å²) in [5, 5.41) is 5.67. The molecule has 0 saturated carbocycles. The van der Waals surface area contributed by atoms with E-state index in [0.29, 0.717) is 6.54 Å². The first-order chi connectivity index (χ1) is 8.28. The Kier molecular flexibility index (Phi) is 4.78. The number of carbonyl (C=O) groups is 1. The highest BCUT2D eigenvalue weighted by atomic mass is 19.2. The first-order valence-corrected chi connectivity index (χ1v) is 5.78. The first-order valence-electron chi connectivity index (χ1n) is 5.78. The molecule has 100 valence electrons. The molecule has 1 aromatic carbocycles. The second-order valence-corrected chi connectivity index (χ2v) is 5.10. The molecule has 0 aromatic heterocycles. The van der Waals surface area contributed by atoms with Crippen LogP contribution in [0.3, 0.4) is 0 Å². The van der Waals surface area contributed by atoms with Gasteiger partial charge < -0.3 is 10.6 Å². The monoisotopic (exact) mass is 256 g/mol. The number of hydrogen-bond donors (Lipinski definition) is 2. The summed E-state index contributed by atoms with van der Waals surface area (Å²) in [6.07, 6.45) is 0.274. The SMILES string of the molecule is CC(C)(C)NCCC(=O)Nc1ccc(F)c(F)c1. The van der Waals surface area contributed by atoms with E-state index in [4.69, 9.17) is 0 Å². The van der Waals surface area contributed by atoms with Gasteiger partial charge in [0.2, 0.25) is 5.91 Å². The van der Waals surface area contributed by atoms with Crippen LogP contribution in [0, 0.1) is 11.6 Å². The lowest BCUT2D eigenvalue weighted by Gasteiger charge is -2.20. The summed E-state index contributed by atoms with van der Waals surface area (Å²) in [4.78, 5) is 11.5. The van der Waals surface area contributed by atoms with E-state index in [-0.39, 0.29) is 23.6 Å². The number of carbonyl (C=O) groups excluding carboxylic acids is 1. The second kappa shape index (κ2) is 5.91. The van der Waals surface area contributed by atoms with Gasteiger partial charge in [0.15, 0.2) is 11.6 Å². The van der Waals surface area contributed by atoms with Crippen molar-refractivity contribution in [2.24, 2.45) is 0 Å². The van der Waals surface area contributed by atoms with Gasteiger partial charge in [-0.1, -0.05) is 0 Å². The Morgan fingerprint density at radius 1 is 1.22 bits per heavy atom. The van der Waals surface area contributed by atoms with E-state index in [9.17, 15) is 13.6 Å². The molecule has 0 aliphatic rings. The van der Waals surface area contributed by atoms with Crippen molar-refractivity contribution in [1.82, 2.24) is 5.32 Å². The summed E-state index contributed by atoms with van der Waals surface area (Å²) in [5.41, 5.74) is 0.206. The van der Waals surface area contributed by atoms with Crippen LogP contribution in [0.25, 0.3) is 0 Å². The molecule has 0 heterocycles. The van der Waals surface area contributed by atoms with Gasteiger partial charge in [-0.2, -0.15) is 0 Å². The van der Waals surface area contributed by atoms with E-state index in [0.717, 1.165) is 12.1 Å². The number of amides is 1. The Morgan fingerprint density at radius 2 is 1.89 bits per heavy atom. The van der Waals surface area contributed by atoms with Crippen molar-refractivity contribution in [2.45, 2.75) is 32.7 Å². The molecule has 1 rings (SSSR count). The third-order valence-electron chi connectivity index (χ3n) is 2.21. The lowest BCUT2D eigenvalue weighted by Crippen LogP contribution is -2.37. The van der Waals surface area contributed by atoms with E-state index < -0.39 is 11.6 Å². The number of anilines is 1. The minimum atomic E-state index is -0.972. The van der Waals surface area contributed by atoms with Crippen LogP contribution in [0.4, 0.5) is 14.5 Å². The maximum Gasteiger partial charge on any atom is 0.225 e. The molecule has 0 aliphatic heterocycles. The highest BCUT2D eigenvalue weighted by Crippen LogP contribution is 2.13. The Balaban J connectivity index is 2.42. The lowest BCUT2D eigenvalue weighted by molar-refractivity contribution is -0.116. The smallest absolute Gasteiger partial charge is 0.225 e. The number of halogens is 2. The molecule has 18 heavy (non-hydrogen) atoms. The minimum absolute atomic E-state index is 0.0533. The van der Waals surface area contributed by atoms with Gasteiger partial charge in [0.05, 0.1) is 0 Å². The molecular weight excluding hydrogens is 238 g/mol. The Bertz CT molecular complexity index is 427. The Morgan fingerprint density at radius 3 is 2.44 bits per heavy atom. The highest BCUT2D eigenvalue weighted by molar-refractivity contribution is 5.90. The van der Waals surface area contributed by atoms with Crippen molar-refractivity contribution in [3.8, 4) is 0 Å². The molecule has 0 bridgehead atoms. The molecule has 5 heteroatoms. The fraction of sp³-hybridized carbons (Fsp3) is 0.462. The van der Waals surface area contributed by atoms with Gasteiger partial charge >= 0.3 is 0 Å². The van der Waals surface area contributed by atoms with Gasteiger partial charge in [-0.15, -0.1) is 0 Å². The number of nitrogens with one attached hydrogen (secondary N) is 2. The maximum absolute atomic E-state index is 12.9. The van der Waals surface area contributed by atoms with E-state index >= 15 is 0 Å². The molecule has 0 radical (unpaired) electrons. The fourth-order valence-electron chi connectivity index (χ4n) is 1.35. The molecule has 2 N–H and O–H groups in total. The molecule has 3 nitrogen and oxygen atoms in total. The third kappa shape index (κ3) is 5.23. The molecule has 0 saturated heterocycles. The molecule has 0 aliphatic carbocycles. The van der Waals surface area contributed by atoms with Gasteiger partial charge in [0, 0.05) is 30.3 Å². The van der Waals surface area contributed by atoms with Crippen LogP contribution in [0.15, 0.2) is 18.2 Å². The highest BCUT2D eigenvalue weighted by Gasteiger charge is 2.10. The van der Waals surface area contributed by atoms with Crippen LogP contribution in [0.2, 0.25) is 0 Å². The number of benzene rings is 1. The zero-order chi connectivity index (χ0) is 13.8. The molecule has 0 unspecified atom stereocenters. The topological polar surface area (TPSA) is 41.1 Å². The van der Waals surface area contributed by atoms with Crippen LogP contribution < -0.4 is 10.6 Å². The van der Waals surface area contributed by atoms with Gasteiger partial charge in [0.25, 0.3) is 0 Å². The van der Waals surface area contributed by atoms with Crippen molar-refractivity contribution in [1.29, 1.82) is 0 Å². The molecule has 0 atom stereocenters. The molecule has 1 amide bonds. The number of rotatable bonds is 4. The van der Waals surface area contributed by atoms with Crippen molar-refractivity contribution in [3.05, 3.63) is 29.8 Å². The van der Waals surface area contributed by atoms with E-state index in [1.54, 1.807) is 0 Å². The summed E-state index contributed by atoms with van der Waals surface area (Å²) < 4.78 is 25.6. The first kappa shape index (κ1) is 14.6. The van der Waals surface area contributed by atoms with Gasteiger partial charge in [-0.25, -0.2) is 8.78 Å². The van der Waals surface area contributed by atoms with Crippen molar-refractivity contribution >= 4 is 11.6 Å². The quantitative estimate of drug-likeness (QED) is 0.869. The average molecular weight is 256 g/mol. The Hall–Kier alpha value is -1.49. The van der Waals surface area contributed by atoms with Crippen LogP contribution in [0.5, 0.6) is 0 Å². The van der Waals surface area contributed by atoms with E-state index in [2.05, 4.69) is 10.6 Å². The fourth-order valence-corrected chi connectivity index (χ4v) is 1.35. The summed E-state index contributed by atoms with van der Waals surface area (Å²) in [5.74, 6) is -2.14. The zero-order valence-electron chi connectivity index (χ0n) is 10.8. The molecule has 0 spiro atoms. The minimum Gasteiger partial charge on any atom is -0.326 e. The predicted molar refractivity (Wildman–Crippen MR) is 67.4 cm³/mol. The van der Waals surface area contributed by atoms with Gasteiger partial charge in [-0.3, -0.25) is 4.79 Å². The van der Waals surface area contributed by atoms with Crippen molar-refractivity contribution in [2.75, 3.05) is 11.9 Å². The number of hydrogen-bond acceptors (Lipinski definition) is 2. The van der Waals surface area contributed by atoms with Gasteiger partial charge in [-0.05, 0) is 32.9 Å². The zero-order valence-corrected chi connectivity index (χ0v) is 10.8. The van der Waals surface area contributed by atoms with Crippen LogP contribution in [-0.2, 0) is 4.79 Å². The Labute approximate surface area is 106 Å². The normalized spacial score (nSPS) is 11.4. The standard InChI is InChI=1S/C13H18F2N2O/c1-13(2,3)16-7-6-12(18)17-9-4-5-10(14)11(15)8-9/h4-5,8,16H,6-7H2,1-3H3,(H,17,18). The summed E-state index contributed by atoms with van der Waals surface area (Å²) in [7, 11) is 0. The van der Waals surface area contributed by atoms with Crippen LogP contribution in [-0.4, -0.2) is 18.0 Å². The maximum atomic E-state index is 12.9. The summed E-state index contributed by atoms with van der Waals surface area (Å²) in [6, 6.07) is 3.27. The summed E-state index contributed by atoms with van der Waals surface area (Å²) in [6.45, 7) is 6.53. The van der Waals surface area contributed by atoms with Gasteiger partial charge in [0.1, 0.15) is 0 Å². The van der Waals surface area contributed by atoms with Crippen molar-refractivity contribution in [3.63, 3.8) is 0 Å². The lowest BCUT2D eigenvalue weighted by atomic mass is 10.1. The van der Waals surface area contributed by atoms with Crippen molar-refractivity contribution < 1.29 is 13.6 Å². The average Bonchev–Trinajstić information content (AvgIpc) is 2.21. The second-order valence-electron chi connectivity index (χ2n) is 5.10. The van der Waals surface area contributed by atoms with E-state index in [1.807, 2.05) is 20.8 Å². The molecule has 1 aromatic rings.